The van der Waals surface area contributed by atoms with Crippen molar-refractivity contribution in [3.63, 3.8) is 0 Å². The predicted molar refractivity (Wildman–Crippen MR) is 93.3 cm³/mol. The molecule has 1 fully saturated rings. The molecule has 0 aliphatic carbocycles. The molecule has 0 N–H and O–H groups in total. The number of ether oxygens (including phenoxy) is 2. The Hall–Kier alpha value is -1.94. The van der Waals surface area contributed by atoms with Gasteiger partial charge in [-0.25, -0.2) is 0 Å². The standard InChI is InChI=1S/C19H20O3S/c1-21-16-9-5-3-7-14(16)18-11-13(20)12-19(23-18)15-8-4-6-10-17(15)22-2/h3-10,18-19H,11-12H2,1-2H3/t18-,19-/m0/s1. The highest BCUT2D eigenvalue weighted by molar-refractivity contribution is 7.99. The van der Waals surface area contributed by atoms with Gasteiger partial charge in [-0.3, -0.25) is 4.79 Å². The Morgan fingerprint density at radius 2 is 1.26 bits per heavy atom. The number of benzene rings is 2. The van der Waals surface area contributed by atoms with Gasteiger partial charge in [0.15, 0.2) is 0 Å². The average Bonchev–Trinajstić information content (AvgIpc) is 2.61. The van der Waals surface area contributed by atoms with Gasteiger partial charge < -0.3 is 9.47 Å². The minimum Gasteiger partial charge on any atom is -0.496 e. The van der Waals surface area contributed by atoms with Gasteiger partial charge in [-0.15, -0.1) is 11.8 Å². The van der Waals surface area contributed by atoms with Crippen molar-refractivity contribution in [3.8, 4) is 11.5 Å². The van der Waals surface area contributed by atoms with Crippen LogP contribution in [0.2, 0.25) is 0 Å². The van der Waals surface area contributed by atoms with Gasteiger partial charge in [0, 0.05) is 34.5 Å². The predicted octanol–water partition coefficient (Wildman–Crippen LogP) is 4.58. The van der Waals surface area contributed by atoms with Gasteiger partial charge in [-0.05, 0) is 12.1 Å². The molecule has 0 amide bonds. The topological polar surface area (TPSA) is 35.5 Å². The van der Waals surface area contributed by atoms with E-state index >= 15 is 0 Å². The Morgan fingerprint density at radius 1 is 0.826 bits per heavy atom. The molecule has 0 bridgehead atoms. The second-order valence-corrected chi connectivity index (χ2v) is 6.95. The van der Waals surface area contributed by atoms with Gasteiger partial charge in [0.05, 0.1) is 14.2 Å². The summed E-state index contributed by atoms with van der Waals surface area (Å²) in [5.41, 5.74) is 2.18. The van der Waals surface area contributed by atoms with Gasteiger partial charge in [0.2, 0.25) is 0 Å². The molecule has 1 aliphatic rings. The lowest BCUT2D eigenvalue weighted by atomic mass is 9.99. The third-order valence-electron chi connectivity index (χ3n) is 4.13. The number of Topliss-reactive ketones (excluding diaryl/α,β-unsaturated/α-hetero) is 1. The van der Waals surface area contributed by atoms with Gasteiger partial charge in [-0.1, -0.05) is 36.4 Å². The molecule has 0 aromatic heterocycles. The Morgan fingerprint density at radius 3 is 1.70 bits per heavy atom. The van der Waals surface area contributed by atoms with E-state index in [0.29, 0.717) is 12.8 Å². The number of carbonyl (C=O) groups excluding carboxylic acids is 1. The van der Waals surface area contributed by atoms with E-state index in [1.165, 1.54) is 0 Å². The first-order chi connectivity index (χ1) is 11.2. The normalized spacial score (nSPS) is 21.0. The number of para-hydroxylation sites is 2. The largest absolute Gasteiger partial charge is 0.496 e. The van der Waals surface area contributed by atoms with Gasteiger partial charge in [0.1, 0.15) is 17.3 Å². The van der Waals surface area contributed by atoms with E-state index in [0.717, 1.165) is 22.6 Å². The quantitative estimate of drug-likeness (QED) is 0.823. The van der Waals surface area contributed by atoms with Crippen molar-refractivity contribution in [1.29, 1.82) is 0 Å². The molecule has 1 aliphatic heterocycles. The van der Waals surface area contributed by atoms with Crippen LogP contribution in [0.5, 0.6) is 11.5 Å². The Kier molecular flexibility index (Phi) is 4.91. The summed E-state index contributed by atoms with van der Waals surface area (Å²) in [6.07, 6.45) is 1.10. The Bertz CT molecular complexity index is 641. The average molecular weight is 328 g/mol. The molecule has 3 rings (SSSR count). The molecular formula is C19H20O3S. The summed E-state index contributed by atoms with van der Waals surface area (Å²) in [5, 5.41) is 0.227. The molecule has 2 aromatic carbocycles. The maximum Gasteiger partial charge on any atom is 0.135 e. The summed E-state index contributed by atoms with van der Waals surface area (Å²) < 4.78 is 10.9. The summed E-state index contributed by atoms with van der Waals surface area (Å²) >= 11 is 1.82. The number of carbonyl (C=O) groups is 1. The number of hydrogen-bond acceptors (Lipinski definition) is 4. The second kappa shape index (κ2) is 7.09. The van der Waals surface area contributed by atoms with Crippen LogP contribution in [0.3, 0.4) is 0 Å². The van der Waals surface area contributed by atoms with Crippen LogP contribution in [0.4, 0.5) is 0 Å². The monoisotopic (exact) mass is 328 g/mol. The van der Waals surface area contributed by atoms with Crippen molar-refractivity contribution in [1.82, 2.24) is 0 Å². The van der Waals surface area contributed by atoms with Crippen LogP contribution >= 0.6 is 11.8 Å². The summed E-state index contributed by atoms with van der Waals surface area (Å²) in [5.74, 6) is 1.98. The SMILES string of the molecule is COc1ccccc1[C@@H]1CC(=O)C[C@@H](c2ccccc2OC)S1. The second-order valence-electron chi connectivity index (χ2n) is 5.54. The zero-order valence-electron chi connectivity index (χ0n) is 13.3. The number of hydrogen-bond donors (Lipinski definition) is 0. The molecule has 3 nitrogen and oxygen atoms in total. The molecule has 2 aromatic rings. The number of thioether (sulfide) groups is 1. The van der Waals surface area contributed by atoms with E-state index < -0.39 is 0 Å². The highest BCUT2D eigenvalue weighted by Crippen LogP contribution is 2.52. The molecule has 1 saturated heterocycles. The van der Waals surface area contributed by atoms with Crippen LogP contribution < -0.4 is 9.47 Å². The molecular weight excluding hydrogens is 308 g/mol. The van der Waals surface area contributed by atoms with E-state index in [9.17, 15) is 4.79 Å². The summed E-state index contributed by atoms with van der Waals surface area (Å²) in [6, 6.07) is 15.9. The van der Waals surface area contributed by atoms with E-state index in [4.69, 9.17) is 9.47 Å². The zero-order chi connectivity index (χ0) is 16.2. The van der Waals surface area contributed by atoms with E-state index in [-0.39, 0.29) is 16.3 Å². The van der Waals surface area contributed by atoms with Crippen molar-refractivity contribution in [2.75, 3.05) is 14.2 Å². The zero-order valence-corrected chi connectivity index (χ0v) is 14.1. The van der Waals surface area contributed by atoms with Gasteiger partial charge in [0.25, 0.3) is 0 Å². The van der Waals surface area contributed by atoms with Crippen molar-refractivity contribution in [2.45, 2.75) is 23.3 Å². The van der Waals surface area contributed by atoms with E-state index in [2.05, 4.69) is 0 Å². The van der Waals surface area contributed by atoms with Crippen LogP contribution in [0.1, 0.15) is 34.5 Å². The minimum atomic E-state index is 0.113. The van der Waals surface area contributed by atoms with Crippen LogP contribution in [0.25, 0.3) is 0 Å². The fourth-order valence-electron chi connectivity index (χ4n) is 3.02. The number of methoxy groups -OCH3 is 2. The molecule has 23 heavy (non-hydrogen) atoms. The van der Waals surface area contributed by atoms with Crippen molar-refractivity contribution >= 4 is 17.5 Å². The first-order valence-corrected chi connectivity index (χ1v) is 8.60. The van der Waals surface area contributed by atoms with Crippen LogP contribution in [0, 0.1) is 0 Å². The Balaban J connectivity index is 1.92. The van der Waals surface area contributed by atoms with Crippen molar-refractivity contribution in [3.05, 3.63) is 59.7 Å². The maximum atomic E-state index is 12.3. The van der Waals surface area contributed by atoms with Crippen molar-refractivity contribution < 1.29 is 14.3 Å². The molecule has 4 heteroatoms. The molecule has 120 valence electrons. The fourth-order valence-corrected chi connectivity index (χ4v) is 4.67. The first kappa shape index (κ1) is 15.9. The number of rotatable bonds is 4. The summed E-state index contributed by atoms with van der Waals surface area (Å²) in [7, 11) is 3.34. The molecule has 2 atom stereocenters. The molecule has 0 unspecified atom stereocenters. The third kappa shape index (κ3) is 3.37. The van der Waals surface area contributed by atoms with Gasteiger partial charge >= 0.3 is 0 Å². The van der Waals surface area contributed by atoms with Crippen molar-refractivity contribution in [2.24, 2.45) is 0 Å². The molecule has 0 saturated carbocycles. The van der Waals surface area contributed by atoms with Crippen LogP contribution in [-0.2, 0) is 4.79 Å². The van der Waals surface area contributed by atoms with E-state index in [1.54, 1.807) is 14.2 Å². The summed E-state index contributed by atoms with van der Waals surface area (Å²) in [6.45, 7) is 0. The molecule has 1 heterocycles. The lowest BCUT2D eigenvalue weighted by molar-refractivity contribution is -0.119. The first-order valence-electron chi connectivity index (χ1n) is 7.66. The van der Waals surface area contributed by atoms with E-state index in [1.807, 2.05) is 60.3 Å². The van der Waals surface area contributed by atoms with Crippen LogP contribution in [-0.4, -0.2) is 20.0 Å². The highest BCUT2D eigenvalue weighted by atomic mass is 32.2. The highest BCUT2D eigenvalue weighted by Gasteiger charge is 2.32. The minimum absolute atomic E-state index is 0.113. The molecule has 0 radical (unpaired) electrons. The Labute approximate surface area is 141 Å². The summed E-state index contributed by atoms with van der Waals surface area (Å²) in [4.78, 5) is 12.3. The molecule has 0 spiro atoms. The lowest BCUT2D eigenvalue weighted by Gasteiger charge is -2.30. The lowest BCUT2D eigenvalue weighted by Crippen LogP contribution is -2.16. The van der Waals surface area contributed by atoms with Gasteiger partial charge in [-0.2, -0.15) is 0 Å². The number of ketones is 1. The third-order valence-corrected chi connectivity index (χ3v) is 5.62. The fraction of sp³-hybridized carbons (Fsp3) is 0.316. The van der Waals surface area contributed by atoms with Crippen LogP contribution in [0.15, 0.2) is 48.5 Å². The maximum absolute atomic E-state index is 12.3. The smallest absolute Gasteiger partial charge is 0.135 e.